The van der Waals surface area contributed by atoms with Gasteiger partial charge in [0, 0.05) is 12.3 Å². The molecule has 3 rings (SSSR count). The summed E-state index contributed by atoms with van der Waals surface area (Å²) < 4.78 is 11.0. The molecular formula is C15H10ClN3O2. The van der Waals surface area contributed by atoms with Gasteiger partial charge in [-0.3, -0.25) is 0 Å². The first-order valence-electron chi connectivity index (χ1n) is 6.15. The molecule has 0 N–H and O–H groups in total. The number of rotatable bonds is 4. The van der Waals surface area contributed by atoms with Crippen molar-refractivity contribution < 1.29 is 9.47 Å². The number of aromatic nitrogens is 3. The van der Waals surface area contributed by atoms with Gasteiger partial charge >= 0.3 is 6.01 Å². The Morgan fingerprint density at radius 3 is 2.43 bits per heavy atom. The molecule has 0 bridgehead atoms. The Hall–Kier alpha value is -2.66. The van der Waals surface area contributed by atoms with Crippen LogP contribution in [0.3, 0.4) is 0 Å². The van der Waals surface area contributed by atoms with Crippen molar-refractivity contribution in [1.82, 2.24) is 15.0 Å². The lowest BCUT2D eigenvalue weighted by molar-refractivity contribution is 0.405. The third-order valence-corrected chi connectivity index (χ3v) is 2.74. The van der Waals surface area contributed by atoms with E-state index in [-0.39, 0.29) is 16.9 Å². The number of halogens is 1. The van der Waals surface area contributed by atoms with E-state index in [1.54, 1.807) is 36.5 Å². The average Bonchev–Trinajstić information content (AvgIpc) is 2.53. The molecule has 6 heteroatoms. The number of pyridine rings is 1. The number of hydrogen-bond donors (Lipinski definition) is 0. The molecule has 0 radical (unpaired) electrons. The largest absolute Gasteiger partial charge is 0.424 e. The van der Waals surface area contributed by atoms with Crippen LogP contribution in [0, 0.1) is 0 Å². The van der Waals surface area contributed by atoms with Crippen LogP contribution in [0.25, 0.3) is 0 Å². The van der Waals surface area contributed by atoms with E-state index in [1.165, 1.54) is 6.20 Å². The van der Waals surface area contributed by atoms with Crippen LogP contribution in [-0.2, 0) is 0 Å². The molecule has 1 aromatic carbocycles. The SMILES string of the molecule is Clc1cnc(Oc2ccccc2)nc1Oc1ccccn1. The highest BCUT2D eigenvalue weighted by molar-refractivity contribution is 6.31. The van der Waals surface area contributed by atoms with Crippen LogP contribution in [0.15, 0.2) is 60.9 Å². The molecular weight excluding hydrogens is 290 g/mol. The van der Waals surface area contributed by atoms with Gasteiger partial charge in [0.25, 0.3) is 0 Å². The Kier molecular flexibility index (Phi) is 3.93. The Morgan fingerprint density at radius 2 is 1.67 bits per heavy atom. The van der Waals surface area contributed by atoms with Crippen LogP contribution in [-0.4, -0.2) is 15.0 Å². The molecule has 0 saturated heterocycles. The van der Waals surface area contributed by atoms with Gasteiger partial charge in [0.2, 0.25) is 11.8 Å². The summed E-state index contributed by atoms with van der Waals surface area (Å²) in [5.41, 5.74) is 0. The molecule has 5 nitrogen and oxygen atoms in total. The van der Waals surface area contributed by atoms with Crippen molar-refractivity contribution in [2.24, 2.45) is 0 Å². The maximum Gasteiger partial charge on any atom is 0.325 e. The van der Waals surface area contributed by atoms with Crippen molar-refractivity contribution in [3.05, 3.63) is 65.9 Å². The summed E-state index contributed by atoms with van der Waals surface area (Å²) in [7, 11) is 0. The van der Waals surface area contributed by atoms with E-state index < -0.39 is 0 Å². The molecule has 0 aliphatic heterocycles. The minimum atomic E-state index is 0.150. The molecule has 0 unspecified atom stereocenters. The number of benzene rings is 1. The molecule has 0 aliphatic rings. The van der Waals surface area contributed by atoms with Crippen LogP contribution in [0.1, 0.15) is 0 Å². The molecule has 0 atom stereocenters. The summed E-state index contributed by atoms with van der Waals surface area (Å²) in [4.78, 5) is 12.2. The first-order valence-corrected chi connectivity index (χ1v) is 6.53. The third kappa shape index (κ3) is 3.46. The molecule has 0 spiro atoms. The van der Waals surface area contributed by atoms with Gasteiger partial charge in [0.05, 0.1) is 6.20 Å². The molecule has 21 heavy (non-hydrogen) atoms. The van der Waals surface area contributed by atoms with E-state index in [9.17, 15) is 0 Å². The molecule has 2 heterocycles. The number of ether oxygens (including phenoxy) is 2. The average molecular weight is 300 g/mol. The summed E-state index contributed by atoms with van der Waals surface area (Å²) in [6.45, 7) is 0. The molecule has 104 valence electrons. The monoisotopic (exact) mass is 299 g/mol. The highest BCUT2D eigenvalue weighted by Crippen LogP contribution is 2.28. The second-order valence-corrected chi connectivity index (χ2v) is 4.40. The van der Waals surface area contributed by atoms with Gasteiger partial charge in [0.15, 0.2) is 0 Å². The van der Waals surface area contributed by atoms with Gasteiger partial charge in [-0.1, -0.05) is 35.9 Å². The fraction of sp³-hybridized carbons (Fsp3) is 0. The molecule has 0 aliphatic carbocycles. The van der Waals surface area contributed by atoms with Gasteiger partial charge < -0.3 is 9.47 Å². The second-order valence-electron chi connectivity index (χ2n) is 3.99. The van der Waals surface area contributed by atoms with Crippen LogP contribution in [0.2, 0.25) is 5.02 Å². The topological polar surface area (TPSA) is 57.1 Å². The Bertz CT molecular complexity index is 723. The lowest BCUT2D eigenvalue weighted by Crippen LogP contribution is -1.96. The lowest BCUT2D eigenvalue weighted by Gasteiger charge is -2.07. The zero-order chi connectivity index (χ0) is 14.5. The van der Waals surface area contributed by atoms with Gasteiger partial charge in [-0.25, -0.2) is 9.97 Å². The highest BCUT2D eigenvalue weighted by atomic mass is 35.5. The molecule has 0 saturated carbocycles. The zero-order valence-corrected chi connectivity index (χ0v) is 11.6. The molecule has 3 aromatic rings. The summed E-state index contributed by atoms with van der Waals surface area (Å²) in [6, 6.07) is 14.7. The van der Waals surface area contributed by atoms with E-state index in [2.05, 4.69) is 15.0 Å². The lowest BCUT2D eigenvalue weighted by atomic mass is 10.3. The van der Waals surface area contributed by atoms with Crippen molar-refractivity contribution >= 4 is 11.6 Å². The smallest absolute Gasteiger partial charge is 0.325 e. The van der Waals surface area contributed by atoms with Crippen LogP contribution < -0.4 is 9.47 Å². The maximum absolute atomic E-state index is 6.02. The predicted molar refractivity (Wildman–Crippen MR) is 77.9 cm³/mol. The quantitative estimate of drug-likeness (QED) is 0.725. The first-order chi connectivity index (χ1) is 10.3. The molecule has 2 aromatic heterocycles. The normalized spacial score (nSPS) is 10.1. The highest BCUT2D eigenvalue weighted by Gasteiger charge is 2.10. The Morgan fingerprint density at radius 1 is 0.857 bits per heavy atom. The number of hydrogen-bond acceptors (Lipinski definition) is 5. The minimum absolute atomic E-state index is 0.150. The molecule has 0 fully saturated rings. The van der Waals surface area contributed by atoms with Gasteiger partial charge in [-0.05, 0) is 18.2 Å². The summed E-state index contributed by atoms with van der Waals surface area (Å²) in [5.74, 6) is 1.21. The predicted octanol–water partition coefficient (Wildman–Crippen LogP) is 4.11. The van der Waals surface area contributed by atoms with E-state index in [0.717, 1.165) is 0 Å². The van der Waals surface area contributed by atoms with Crippen molar-refractivity contribution in [2.45, 2.75) is 0 Å². The fourth-order valence-electron chi connectivity index (χ4n) is 1.56. The van der Waals surface area contributed by atoms with Crippen LogP contribution in [0.4, 0.5) is 0 Å². The minimum Gasteiger partial charge on any atom is -0.424 e. The fourth-order valence-corrected chi connectivity index (χ4v) is 1.69. The van der Waals surface area contributed by atoms with E-state index in [4.69, 9.17) is 21.1 Å². The van der Waals surface area contributed by atoms with Crippen molar-refractivity contribution in [1.29, 1.82) is 0 Å². The van der Waals surface area contributed by atoms with Gasteiger partial charge in [-0.2, -0.15) is 4.98 Å². The third-order valence-electron chi connectivity index (χ3n) is 2.48. The first kappa shape index (κ1) is 13.3. The van der Waals surface area contributed by atoms with Crippen molar-refractivity contribution in [3.8, 4) is 23.5 Å². The summed E-state index contributed by atoms with van der Waals surface area (Å²) in [6.07, 6.45) is 3.04. The van der Waals surface area contributed by atoms with Gasteiger partial charge in [-0.15, -0.1) is 0 Å². The van der Waals surface area contributed by atoms with Crippen molar-refractivity contribution in [2.75, 3.05) is 0 Å². The number of para-hydroxylation sites is 1. The van der Waals surface area contributed by atoms with E-state index in [1.807, 2.05) is 18.2 Å². The van der Waals surface area contributed by atoms with Crippen molar-refractivity contribution in [3.63, 3.8) is 0 Å². The second kappa shape index (κ2) is 6.19. The maximum atomic E-state index is 6.02. The summed E-state index contributed by atoms with van der Waals surface area (Å²) in [5, 5.41) is 0.279. The van der Waals surface area contributed by atoms with Gasteiger partial charge in [0.1, 0.15) is 10.8 Å². The van der Waals surface area contributed by atoms with Crippen LogP contribution in [0.5, 0.6) is 23.5 Å². The van der Waals surface area contributed by atoms with Crippen LogP contribution >= 0.6 is 11.6 Å². The number of nitrogens with zero attached hydrogens (tertiary/aromatic N) is 3. The van der Waals surface area contributed by atoms with E-state index >= 15 is 0 Å². The summed E-state index contributed by atoms with van der Waals surface area (Å²) >= 11 is 6.02. The van der Waals surface area contributed by atoms with E-state index in [0.29, 0.717) is 11.6 Å². The zero-order valence-electron chi connectivity index (χ0n) is 10.8. The standard InChI is InChI=1S/C15H10ClN3O2/c16-12-10-18-15(20-11-6-2-1-3-7-11)19-14(12)21-13-8-4-5-9-17-13/h1-10H. The Balaban J connectivity index is 1.83. The Labute approximate surface area is 126 Å². The molecule has 0 amide bonds.